The third kappa shape index (κ3) is 1.81. The minimum absolute atomic E-state index is 0.0546. The van der Waals surface area contributed by atoms with Crippen molar-refractivity contribution in [2.75, 3.05) is 0 Å². The zero-order chi connectivity index (χ0) is 16.2. The van der Waals surface area contributed by atoms with Crippen molar-refractivity contribution in [1.29, 1.82) is 0 Å². The molecule has 0 amide bonds. The average molecular weight is 303 g/mol. The lowest BCUT2D eigenvalue weighted by molar-refractivity contribution is -0.541. The second-order valence-corrected chi connectivity index (χ2v) is 7.62. The Labute approximate surface area is 138 Å². The molecule has 116 valence electrons. The van der Waals surface area contributed by atoms with Crippen LogP contribution in [0.15, 0.2) is 71.5 Å². The van der Waals surface area contributed by atoms with Gasteiger partial charge in [0.2, 0.25) is 11.7 Å². The second-order valence-electron chi connectivity index (χ2n) is 7.62. The molecule has 1 unspecified atom stereocenters. The smallest absolute Gasteiger partial charge is 0.0732 e. The van der Waals surface area contributed by atoms with Crippen LogP contribution in [0.1, 0.15) is 44.9 Å². The lowest BCUT2D eigenvalue weighted by Gasteiger charge is -2.48. The molecule has 0 N–H and O–H groups in total. The highest BCUT2D eigenvalue weighted by Crippen LogP contribution is 2.59. The second kappa shape index (κ2) is 4.64. The quantitative estimate of drug-likeness (QED) is 0.597. The fourth-order valence-corrected chi connectivity index (χ4v) is 3.99. The molecule has 2 aliphatic rings. The Morgan fingerprint density at radius 1 is 0.826 bits per heavy atom. The van der Waals surface area contributed by atoms with Crippen LogP contribution in [0.2, 0.25) is 0 Å². The summed E-state index contributed by atoms with van der Waals surface area (Å²) in [5, 5.41) is 4.78. The SMILES string of the molecule is CC1(C)C2=CN=[N+](c3ccccc3)C2c2ccccc2C1(C)C. The molecule has 1 aliphatic carbocycles. The van der Waals surface area contributed by atoms with Gasteiger partial charge in [0, 0.05) is 28.7 Å². The van der Waals surface area contributed by atoms with Crippen LogP contribution in [0.25, 0.3) is 0 Å². The summed E-state index contributed by atoms with van der Waals surface area (Å²) in [6.07, 6.45) is 2.09. The van der Waals surface area contributed by atoms with Gasteiger partial charge in [0.1, 0.15) is 6.20 Å². The molecule has 0 saturated carbocycles. The van der Waals surface area contributed by atoms with Crippen molar-refractivity contribution < 1.29 is 4.70 Å². The normalized spacial score (nSPS) is 23.6. The monoisotopic (exact) mass is 303 g/mol. The first kappa shape index (κ1) is 14.4. The molecule has 0 bridgehead atoms. The van der Waals surface area contributed by atoms with Crippen LogP contribution >= 0.6 is 0 Å². The summed E-state index contributed by atoms with van der Waals surface area (Å²) in [7, 11) is 0. The Kier molecular flexibility index (Phi) is 2.90. The van der Waals surface area contributed by atoms with Gasteiger partial charge in [0.05, 0.1) is 0 Å². The molecule has 23 heavy (non-hydrogen) atoms. The van der Waals surface area contributed by atoms with E-state index in [9.17, 15) is 0 Å². The van der Waals surface area contributed by atoms with Gasteiger partial charge in [-0.1, -0.05) is 74.9 Å². The fourth-order valence-electron chi connectivity index (χ4n) is 3.99. The van der Waals surface area contributed by atoms with E-state index >= 15 is 0 Å². The van der Waals surface area contributed by atoms with Crippen molar-refractivity contribution >= 4 is 5.69 Å². The molecule has 1 atom stereocenters. The zero-order valence-corrected chi connectivity index (χ0v) is 14.2. The number of para-hydroxylation sites is 1. The molecule has 2 heteroatoms. The van der Waals surface area contributed by atoms with E-state index in [4.69, 9.17) is 5.11 Å². The maximum atomic E-state index is 4.78. The van der Waals surface area contributed by atoms with Gasteiger partial charge in [-0.25, -0.2) is 0 Å². The average Bonchev–Trinajstić information content (AvgIpc) is 3.00. The molecule has 0 fully saturated rings. The van der Waals surface area contributed by atoms with Gasteiger partial charge in [0.25, 0.3) is 0 Å². The summed E-state index contributed by atoms with van der Waals surface area (Å²) in [5.74, 6) is 0. The summed E-state index contributed by atoms with van der Waals surface area (Å²) >= 11 is 0. The van der Waals surface area contributed by atoms with Crippen LogP contribution in [0.4, 0.5) is 5.69 Å². The molecule has 0 saturated heterocycles. The Hall–Kier alpha value is -2.22. The third-order valence-corrected chi connectivity index (χ3v) is 6.09. The number of azo groups is 2. The van der Waals surface area contributed by atoms with Crippen LogP contribution in [-0.4, -0.2) is 4.70 Å². The van der Waals surface area contributed by atoms with Gasteiger partial charge in [0.15, 0.2) is 0 Å². The minimum Gasteiger partial charge on any atom is -0.0732 e. The Balaban J connectivity index is 1.95. The van der Waals surface area contributed by atoms with E-state index < -0.39 is 0 Å². The highest BCUT2D eigenvalue weighted by molar-refractivity contribution is 5.49. The van der Waals surface area contributed by atoms with E-state index in [1.54, 1.807) is 0 Å². The molecule has 4 rings (SSSR count). The highest BCUT2D eigenvalue weighted by Gasteiger charge is 2.55. The molecule has 2 aromatic rings. The van der Waals surface area contributed by atoms with E-state index in [-0.39, 0.29) is 16.9 Å². The Morgan fingerprint density at radius 2 is 1.48 bits per heavy atom. The topological polar surface area (TPSA) is 15.4 Å². The van der Waals surface area contributed by atoms with Gasteiger partial charge >= 0.3 is 0 Å². The fraction of sp³-hybridized carbons (Fsp3) is 0.333. The van der Waals surface area contributed by atoms with E-state index in [0.29, 0.717) is 0 Å². The third-order valence-electron chi connectivity index (χ3n) is 6.09. The molecule has 0 aromatic heterocycles. The molecular formula is C21H23N2+. The predicted molar refractivity (Wildman–Crippen MR) is 92.9 cm³/mol. The van der Waals surface area contributed by atoms with Crippen molar-refractivity contribution in [3.05, 3.63) is 77.5 Å². The number of benzene rings is 2. The van der Waals surface area contributed by atoms with Crippen LogP contribution in [-0.2, 0) is 5.41 Å². The van der Waals surface area contributed by atoms with E-state index in [1.165, 1.54) is 16.7 Å². The van der Waals surface area contributed by atoms with Gasteiger partial charge in [-0.05, 0) is 16.1 Å². The molecule has 2 nitrogen and oxygen atoms in total. The summed E-state index contributed by atoms with van der Waals surface area (Å²) in [5.41, 5.74) is 5.50. The lowest BCUT2D eigenvalue weighted by Crippen LogP contribution is -2.45. The first-order valence-electron chi connectivity index (χ1n) is 8.29. The molecule has 0 spiro atoms. The van der Waals surface area contributed by atoms with Gasteiger partial charge in [-0.2, -0.15) is 0 Å². The summed E-state index contributed by atoms with van der Waals surface area (Å²) < 4.78 is 2.17. The molecule has 1 aliphatic heterocycles. The van der Waals surface area contributed by atoms with Crippen molar-refractivity contribution in [1.82, 2.24) is 0 Å². The zero-order valence-electron chi connectivity index (χ0n) is 14.2. The molecular weight excluding hydrogens is 280 g/mol. The molecule has 2 aromatic carbocycles. The van der Waals surface area contributed by atoms with Crippen LogP contribution in [0, 0.1) is 5.41 Å². The summed E-state index contributed by atoms with van der Waals surface area (Å²) in [4.78, 5) is 0. The lowest BCUT2D eigenvalue weighted by atomic mass is 9.54. The Morgan fingerprint density at radius 3 is 2.22 bits per heavy atom. The van der Waals surface area contributed by atoms with Crippen LogP contribution < -0.4 is 0 Å². The van der Waals surface area contributed by atoms with Gasteiger partial charge in [-0.15, -0.1) is 0 Å². The van der Waals surface area contributed by atoms with Gasteiger partial charge < -0.3 is 0 Å². The number of hydrogen-bond donors (Lipinski definition) is 0. The minimum atomic E-state index is 0.0546. The van der Waals surface area contributed by atoms with Crippen molar-refractivity contribution in [3.8, 4) is 0 Å². The maximum absolute atomic E-state index is 4.78. The highest BCUT2D eigenvalue weighted by atomic mass is 15.3. The van der Waals surface area contributed by atoms with E-state index in [1.807, 2.05) is 0 Å². The number of rotatable bonds is 1. The maximum Gasteiger partial charge on any atom is 0.234 e. The van der Waals surface area contributed by atoms with E-state index in [0.717, 1.165) is 5.69 Å². The summed E-state index contributed by atoms with van der Waals surface area (Å²) in [6, 6.07) is 19.5. The first-order chi connectivity index (χ1) is 10.9. The molecule has 0 radical (unpaired) electrons. The van der Waals surface area contributed by atoms with Crippen LogP contribution in [0.3, 0.4) is 0 Å². The number of hydrogen-bond acceptors (Lipinski definition) is 1. The van der Waals surface area contributed by atoms with E-state index in [2.05, 4.69) is 93.2 Å². The first-order valence-corrected chi connectivity index (χ1v) is 8.29. The number of nitrogens with zero attached hydrogens (tertiary/aromatic N) is 2. The van der Waals surface area contributed by atoms with Crippen molar-refractivity contribution in [2.24, 2.45) is 10.5 Å². The van der Waals surface area contributed by atoms with Crippen molar-refractivity contribution in [2.45, 2.75) is 39.2 Å². The standard InChI is InChI=1S/C21H23N2/c1-20(2)17-13-9-8-12-16(17)19-18(21(20,3)4)14-22-23(19)15-10-6-5-7-11-15/h5-14,19H,1-4H3/q+1. The number of fused-ring (bicyclic) bond motifs is 3. The molecule has 1 heterocycles. The Bertz CT molecular complexity index is 826. The summed E-state index contributed by atoms with van der Waals surface area (Å²) in [6.45, 7) is 9.42. The largest absolute Gasteiger partial charge is 0.234 e. The van der Waals surface area contributed by atoms with Crippen molar-refractivity contribution in [3.63, 3.8) is 0 Å². The van der Waals surface area contributed by atoms with Crippen LogP contribution in [0.5, 0.6) is 0 Å². The predicted octanol–water partition coefficient (Wildman–Crippen LogP) is 5.74. The van der Waals surface area contributed by atoms with Gasteiger partial charge in [-0.3, -0.25) is 0 Å².